The topological polar surface area (TPSA) is 56.5 Å². The standard InChI is InChI=1S/C12H18N2O2/c1-9(15-3)10-4-5-12(16-7-6-13)11(8-10)14-2/h4-5,8,14H,1,6-7,13H2,2-3H3. The summed E-state index contributed by atoms with van der Waals surface area (Å²) in [5, 5.41) is 3.06. The highest BCUT2D eigenvalue weighted by Gasteiger charge is 2.05. The Hall–Kier alpha value is -1.68. The second-order valence-corrected chi connectivity index (χ2v) is 3.23. The summed E-state index contributed by atoms with van der Waals surface area (Å²) >= 11 is 0. The Morgan fingerprint density at radius 3 is 2.81 bits per heavy atom. The molecule has 0 aromatic heterocycles. The van der Waals surface area contributed by atoms with E-state index in [9.17, 15) is 0 Å². The Bertz CT molecular complexity index is 364. The van der Waals surface area contributed by atoms with Crippen molar-refractivity contribution in [2.45, 2.75) is 0 Å². The van der Waals surface area contributed by atoms with Gasteiger partial charge in [0.15, 0.2) is 0 Å². The maximum Gasteiger partial charge on any atom is 0.142 e. The molecule has 88 valence electrons. The van der Waals surface area contributed by atoms with Crippen molar-refractivity contribution < 1.29 is 9.47 Å². The summed E-state index contributed by atoms with van der Waals surface area (Å²) in [4.78, 5) is 0. The lowest BCUT2D eigenvalue weighted by atomic mass is 10.1. The van der Waals surface area contributed by atoms with E-state index in [4.69, 9.17) is 15.2 Å². The van der Waals surface area contributed by atoms with Gasteiger partial charge in [-0.15, -0.1) is 0 Å². The molecule has 1 aromatic rings. The van der Waals surface area contributed by atoms with Crippen LogP contribution in [-0.4, -0.2) is 27.3 Å². The first-order valence-corrected chi connectivity index (χ1v) is 5.11. The van der Waals surface area contributed by atoms with E-state index >= 15 is 0 Å². The minimum absolute atomic E-state index is 0.496. The largest absolute Gasteiger partial charge is 0.497 e. The fraction of sp³-hybridized carbons (Fsp3) is 0.333. The van der Waals surface area contributed by atoms with Gasteiger partial charge in [-0.05, 0) is 18.2 Å². The Balaban J connectivity index is 2.92. The zero-order valence-corrected chi connectivity index (χ0v) is 9.75. The first kappa shape index (κ1) is 12.4. The van der Waals surface area contributed by atoms with Crippen LogP contribution in [0.1, 0.15) is 5.56 Å². The molecule has 0 radical (unpaired) electrons. The average Bonchev–Trinajstić information content (AvgIpc) is 2.35. The molecule has 0 heterocycles. The number of hydrogen-bond acceptors (Lipinski definition) is 4. The van der Waals surface area contributed by atoms with Gasteiger partial charge in [0, 0.05) is 19.2 Å². The molecule has 0 fully saturated rings. The molecule has 1 rings (SSSR count). The second kappa shape index (κ2) is 6.02. The van der Waals surface area contributed by atoms with Crippen LogP contribution in [0.2, 0.25) is 0 Å². The van der Waals surface area contributed by atoms with Gasteiger partial charge in [-0.25, -0.2) is 0 Å². The van der Waals surface area contributed by atoms with Crippen LogP contribution in [0.3, 0.4) is 0 Å². The lowest BCUT2D eigenvalue weighted by Crippen LogP contribution is -2.11. The Morgan fingerprint density at radius 2 is 2.25 bits per heavy atom. The lowest BCUT2D eigenvalue weighted by molar-refractivity contribution is 0.329. The molecule has 0 saturated heterocycles. The van der Waals surface area contributed by atoms with Crippen LogP contribution in [0.15, 0.2) is 24.8 Å². The molecule has 3 N–H and O–H groups in total. The normalized spacial score (nSPS) is 9.69. The van der Waals surface area contributed by atoms with Gasteiger partial charge in [0.25, 0.3) is 0 Å². The van der Waals surface area contributed by atoms with Crippen molar-refractivity contribution in [3.8, 4) is 5.75 Å². The minimum Gasteiger partial charge on any atom is -0.497 e. The summed E-state index contributed by atoms with van der Waals surface area (Å²) in [6.07, 6.45) is 0. The maximum absolute atomic E-state index is 5.49. The number of ether oxygens (including phenoxy) is 2. The predicted octanol–water partition coefficient (Wildman–Crippen LogP) is 1.68. The summed E-state index contributed by atoms with van der Waals surface area (Å²) in [6, 6.07) is 5.71. The minimum atomic E-state index is 0.496. The quantitative estimate of drug-likeness (QED) is 0.719. The Kier molecular flexibility index (Phi) is 4.66. The number of nitrogens with one attached hydrogen (secondary N) is 1. The van der Waals surface area contributed by atoms with Crippen LogP contribution in [0.25, 0.3) is 5.76 Å². The molecule has 0 saturated carbocycles. The van der Waals surface area contributed by atoms with E-state index in [0.29, 0.717) is 18.9 Å². The summed E-state index contributed by atoms with van der Waals surface area (Å²) in [5.41, 5.74) is 7.20. The molecule has 1 aromatic carbocycles. The van der Waals surface area contributed by atoms with Gasteiger partial charge in [-0.3, -0.25) is 0 Å². The first-order chi connectivity index (χ1) is 7.72. The fourth-order valence-electron chi connectivity index (χ4n) is 1.31. The second-order valence-electron chi connectivity index (χ2n) is 3.23. The number of methoxy groups -OCH3 is 1. The number of hydrogen-bond donors (Lipinski definition) is 2. The van der Waals surface area contributed by atoms with Crippen molar-refractivity contribution in [3.63, 3.8) is 0 Å². The van der Waals surface area contributed by atoms with Gasteiger partial charge in [0.1, 0.15) is 18.1 Å². The first-order valence-electron chi connectivity index (χ1n) is 5.11. The fourth-order valence-corrected chi connectivity index (χ4v) is 1.31. The van der Waals surface area contributed by atoms with Crippen LogP contribution >= 0.6 is 0 Å². The molecule has 4 heteroatoms. The average molecular weight is 222 g/mol. The van der Waals surface area contributed by atoms with Gasteiger partial charge < -0.3 is 20.5 Å². The summed E-state index contributed by atoms with van der Waals surface area (Å²) in [6.45, 7) is 4.79. The molecule has 16 heavy (non-hydrogen) atoms. The van der Waals surface area contributed by atoms with E-state index in [1.54, 1.807) is 7.11 Å². The number of anilines is 1. The van der Waals surface area contributed by atoms with Gasteiger partial charge in [-0.1, -0.05) is 6.58 Å². The molecule has 0 aliphatic rings. The third-order valence-electron chi connectivity index (χ3n) is 2.19. The molecule has 0 aliphatic heterocycles. The molecular formula is C12H18N2O2. The van der Waals surface area contributed by atoms with Crippen LogP contribution in [0, 0.1) is 0 Å². The lowest BCUT2D eigenvalue weighted by Gasteiger charge is -2.12. The molecular weight excluding hydrogens is 204 g/mol. The van der Waals surface area contributed by atoms with Crippen molar-refractivity contribution in [2.75, 3.05) is 32.6 Å². The van der Waals surface area contributed by atoms with Crippen LogP contribution < -0.4 is 15.8 Å². The molecule has 0 unspecified atom stereocenters. The van der Waals surface area contributed by atoms with Crippen molar-refractivity contribution >= 4 is 11.4 Å². The van der Waals surface area contributed by atoms with E-state index in [1.807, 2.05) is 25.2 Å². The van der Waals surface area contributed by atoms with E-state index < -0.39 is 0 Å². The highest BCUT2D eigenvalue weighted by atomic mass is 16.5. The predicted molar refractivity (Wildman–Crippen MR) is 66.6 cm³/mol. The summed E-state index contributed by atoms with van der Waals surface area (Å²) in [5.74, 6) is 1.41. The van der Waals surface area contributed by atoms with Crippen LogP contribution in [-0.2, 0) is 4.74 Å². The Labute approximate surface area is 96.0 Å². The van der Waals surface area contributed by atoms with E-state index in [-0.39, 0.29) is 0 Å². The zero-order chi connectivity index (χ0) is 12.0. The number of rotatable bonds is 6. The number of nitrogens with two attached hydrogens (primary N) is 1. The van der Waals surface area contributed by atoms with Crippen LogP contribution in [0.4, 0.5) is 5.69 Å². The molecule has 0 atom stereocenters. The van der Waals surface area contributed by atoms with Crippen molar-refractivity contribution in [1.82, 2.24) is 0 Å². The highest BCUT2D eigenvalue weighted by molar-refractivity contribution is 5.67. The zero-order valence-electron chi connectivity index (χ0n) is 9.75. The van der Waals surface area contributed by atoms with Gasteiger partial charge in [0.2, 0.25) is 0 Å². The van der Waals surface area contributed by atoms with E-state index in [0.717, 1.165) is 17.0 Å². The SMILES string of the molecule is C=C(OC)c1ccc(OCCN)c(NC)c1. The van der Waals surface area contributed by atoms with E-state index in [1.165, 1.54) is 0 Å². The molecule has 0 spiro atoms. The van der Waals surface area contributed by atoms with E-state index in [2.05, 4.69) is 11.9 Å². The van der Waals surface area contributed by atoms with Crippen molar-refractivity contribution in [2.24, 2.45) is 5.73 Å². The number of benzene rings is 1. The molecule has 4 nitrogen and oxygen atoms in total. The van der Waals surface area contributed by atoms with Gasteiger partial charge >= 0.3 is 0 Å². The summed E-state index contributed by atoms with van der Waals surface area (Å²) < 4.78 is 10.6. The van der Waals surface area contributed by atoms with Crippen molar-refractivity contribution in [1.29, 1.82) is 0 Å². The van der Waals surface area contributed by atoms with Crippen molar-refractivity contribution in [3.05, 3.63) is 30.3 Å². The molecule has 0 aliphatic carbocycles. The third kappa shape index (κ3) is 2.90. The Morgan fingerprint density at radius 1 is 1.50 bits per heavy atom. The summed E-state index contributed by atoms with van der Waals surface area (Å²) in [7, 11) is 3.43. The van der Waals surface area contributed by atoms with Gasteiger partial charge in [-0.2, -0.15) is 0 Å². The molecule has 0 bridgehead atoms. The highest BCUT2D eigenvalue weighted by Crippen LogP contribution is 2.27. The van der Waals surface area contributed by atoms with Gasteiger partial charge in [0.05, 0.1) is 12.8 Å². The van der Waals surface area contributed by atoms with Crippen LogP contribution in [0.5, 0.6) is 5.75 Å². The smallest absolute Gasteiger partial charge is 0.142 e. The third-order valence-corrected chi connectivity index (χ3v) is 2.19. The molecule has 0 amide bonds. The monoisotopic (exact) mass is 222 g/mol. The maximum atomic E-state index is 5.49.